The Morgan fingerprint density at radius 3 is 2.56 bits per heavy atom. The summed E-state index contributed by atoms with van der Waals surface area (Å²) in [4.78, 5) is 17.4. The molecule has 0 saturated carbocycles. The van der Waals surface area contributed by atoms with Gasteiger partial charge in [-0.05, 0) is 18.9 Å². The second kappa shape index (κ2) is 5.08. The standard InChI is InChI=1S/C13H17N5/c1-8(2)11-7-12(14-4)18-13(17-11)10-5-6-15-9(3)16-10/h5-8H,1-4H3,(H,14,17,18). The molecule has 2 heterocycles. The molecule has 0 bridgehead atoms. The molecule has 0 fully saturated rings. The summed E-state index contributed by atoms with van der Waals surface area (Å²) in [5.74, 6) is 2.51. The van der Waals surface area contributed by atoms with Crippen molar-refractivity contribution in [3.05, 3.63) is 29.8 Å². The first kappa shape index (κ1) is 12.4. The molecule has 0 spiro atoms. The average Bonchev–Trinajstić information content (AvgIpc) is 2.38. The van der Waals surface area contributed by atoms with E-state index in [0.29, 0.717) is 11.7 Å². The van der Waals surface area contributed by atoms with E-state index in [2.05, 4.69) is 39.1 Å². The van der Waals surface area contributed by atoms with Crippen LogP contribution in [-0.4, -0.2) is 27.0 Å². The lowest BCUT2D eigenvalue weighted by molar-refractivity contribution is 0.816. The Hall–Kier alpha value is -2.04. The maximum Gasteiger partial charge on any atom is 0.180 e. The van der Waals surface area contributed by atoms with E-state index >= 15 is 0 Å². The van der Waals surface area contributed by atoms with E-state index in [1.807, 2.05) is 26.1 Å². The van der Waals surface area contributed by atoms with Crippen LogP contribution < -0.4 is 5.32 Å². The molecule has 0 radical (unpaired) electrons. The van der Waals surface area contributed by atoms with Crippen molar-refractivity contribution in [3.63, 3.8) is 0 Å². The van der Waals surface area contributed by atoms with Gasteiger partial charge in [0.2, 0.25) is 0 Å². The Morgan fingerprint density at radius 1 is 1.17 bits per heavy atom. The zero-order valence-electron chi connectivity index (χ0n) is 11.1. The Kier molecular flexibility index (Phi) is 3.50. The monoisotopic (exact) mass is 243 g/mol. The molecule has 2 aromatic rings. The molecule has 1 N–H and O–H groups in total. The molecule has 0 aliphatic carbocycles. The lowest BCUT2D eigenvalue weighted by Crippen LogP contribution is -2.03. The quantitative estimate of drug-likeness (QED) is 0.896. The highest BCUT2D eigenvalue weighted by Crippen LogP contribution is 2.20. The number of hydrogen-bond acceptors (Lipinski definition) is 5. The average molecular weight is 243 g/mol. The van der Waals surface area contributed by atoms with Gasteiger partial charge in [0.05, 0.1) is 0 Å². The van der Waals surface area contributed by atoms with Gasteiger partial charge in [0.1, 0.15) is 17.3 Å². The summed E-state index contributed by atoms with van der Waals surface area (Å²) in [6, 6.07) is 3.79. The highest BCUT2D eigenvalue weighted by Gasteiger charge is 2.10. The third-order valence-corrected chi connectivity index (χ3v) is 2.60. The van der Waals surface area contributed by atoms with Gasteiger partial charge < -0.3 is 5.32 Å². The Bertz CT molecular complexity index is 551. The number of nitrogens with zero attached hydrogens (tertiary/aromatic N) is 4. The fourth-order valence-electron chi connectivity index (χ4n) is 1.59. The molecule has 0 amide bonds. The number of hydrogen-bond donors (Lipinski definition) is 1. The summed E-state index contributed by atoms with van der Waals surface area (Å²) in [7, 11) is 1.85. The number of anilines is 1. The fraction of sp³-hybridized carbons (Fsp3) is 0.385. The van der Waals surface area contributed by atoms with Crippen LogP contribution in [0, 0.1) is 6.92 Å². The number of rotatable bonds is 3. The van der Waals surface area contributed by atoms with E-state index in [4.69, 9.17) is 0 Å². The SMILES string of the molecule is CNc1cc(C(C)C)nc(-c2ccnc(C)n2)n1. The summed E-state index contributed by atoms with van der Waals surface area (Å²) >= 11 is 0. The van der Waals surface area contributed by atoms with Gasteiger partial charge >= 0.3 is 0 Å². The number of aryl methyl sites for hydroxylation is 1. The lowest BCUT2D eigenvalue weighted by Gasteiger charge is -2.09. The van der Waals surface area contributed by atoms with Gasteiger partial charge in [0, 0.05) is 25.0 Å². The predicted octanol–water partition coefficient (Wildman–Crippen LogP) is 2.41. The summed E-state index contributed by atoms with van der Waals surface area (Å²) < 4.78 is 0. The molecular formula is C13H17N5. The molecule has 5 heteroatoms. The lowest BCUT2D eigenvalue weighted by atomic mass is 10.1. The van der Waals surface area contributed by atoms with Crippen LogP contribution in [0.1, 0.15) is 31.3 Å². The van der Waals surface area contributed by atoms with Gasteiger partial charge in [-0.2, -0.15) is 0 Å². The van der Waals surface area contributed by atoms with Gasteiger partial charge in [-0.1, -0.05) is 13.8 Å². The highest BCUT2D eigenvalue weighted by molar-refractivity contribution is 5.52. The van der Waals surface area contributed by atoms with E-state index in [9.17, 15) is 0 Å². The molecule has 0 aromatic carbocycles. The molecule has 0 unspecified atom stereocenters. The van der Waals surface area contributed by atoms with Crippen LogP contribution in [0.2, 0.25) is 0 Å². The van der Waals surface area contributed by atoms with Crippen molar-refractivity contribution in [1.29, 1.82) is 0 Å². The minimum absolute atomic E-state index is 0.349. The van der Waals surface area contributed by atoms with Crippen molar-refractivity contribution in [1.82, 2.24) is 19.9 Å². The van der Waals surface area contributed by atoms with E-state index in [0.717, 1.165) is 23.0 Å². The molecular weight excluding hydrogens is 226 g/mol. The van der Waals surface area contributed by atoms with Crippen molar-refractivity contribution in [2.24, 2.45) is 0 Å². The van der Waals surface area contributed by atoms with Crippen LogP contribution in [0.5, 0.6) is 0 Å². The van der Waals surface area contributed by atoms with E-state index in [1.165, 1.54) is 0 Å². The van der Waals surface area contributed by atoms with Crippen molar-refractivity contribution in [3.8, 4) is 11.5 Å². The first-order valence-electron chi connectivity index (χ1n) is 5.97. The molecule has 0 aliphatic heterocycles. The van der Waals surface area contributed by atoms with Crippen LogP contribution in [0.15, 0.2) is 18.3 Å². The van der Waals surface area contributed by atoms with Gasteiger partial charge in [-0.25, -0.2) is 19.9 Å². The Labute approximate surface area is 107 Å². The molecule has 2 rings (SSSR count). The van der Waals surface area contributed by atoms with Gasteiger partial charge in [-0.15, -0.1) is 0 Å². The normalized spacial score (nSPS) is 10.7. The Balaban J connectivity index is 2.53. The fourth-order valence-corrected chi connectivity index (χ4v) is 1.59. The largest absolute Gasteiger partial charge is 0.373 e. The van der Waals surface area contributed by atoms with E-state index in [1.54, 1.807) is 6.20 Å². The van der Waals surface area contributed by atoms with Crippen LogP contribution in [0.4, 0.5) is 5.82 Å². The second-order valence-electron chi connectivity index (χ2n) is 4.40. The zero-order valence-corrected chi connectivity index (χ0v) is 11.1. The Morgan fingerprint density at radius 2 is 1.94 bits per heavy atom. The number of nitrogens with one attached hydrogen (secondary N) is 1. The predicted molar refractivity (Wildman–Crippen MR) is 71.4 cm³/mol. The molecule has 0 aliphatic rings. The molecule has 5 nitrogen and oxygen atoms in total. The summed E-state index contributed by atoms with van der Waals surface area (Å²) in [6.45, 7) is 6.07. The smallest absolute Gasteiger partial charge is 0.180 e. The van der Waals surface area contributed by atoms with Gasteiger partial charge in [0.15, 0.2) is 5.82 Å². The van der Waals surface area contributed by atoms with Crippen molar-refractivity contribution in [2.75, 3.05) is 12.4 Å². The van der Waals surface area contributed by atoms with E-state index < -0.39 is 0 Å². The summed E-state index contributed by atoms with van der Waals surface area (Å²) in [5.41, 5.74) is 1.75. The molecule has 94 valence electrons. The molecule has 0 atom stereocenters. The third-order valence-electron chi connectivity index (χ3n) is 2.60. The van der Waals surface area contributed by atoms with Gasteiger partial charge in [0.25, 0.3) is 0 Å². The highest BCUT2D eigenvalue weighted by atomic mass is 15.0. The first-order valence-corrected chi connectivity index (χ1v) is 5.97. The van der Waals surface area contributed by atoms with Crippen LogP contribution in [-0.2, 0) is 0 Å². The van der Waals surface area contributed by atoms with Crippen LogP contribution in [0.3, 0.4) is 0 Å². The summed E-state index contributed by atoms with van der Waals surface area (Å²) in [6.07, 6.45) is 1.72. The maximum atomic E-state index is 4.55. The van der Waals surface area contributed by atoms with Gasteiger partial charge in [-0.3, -0.25) is 0 Å². The van der Waals surface area contributed by atoms with Crippen molar-refractivity contribution < 1.29 is 0 Å². The van der Waals surface area contributed by atoms with Crippen molar-refractivity contribution in [2.45, 2.75) is 26.7 Å². The van der Waals surface area contributed by atoms with Crippen LogP contribution >= 0.6 is 0 Å². The minimum atomic E-state index is 0.349. The summed E-state index contributed by atoms with van der Waals surface area (Å²) in [5, 5.41) is 3.05. The minimum Gasteiger partial charge on any atom is -0.373 e. The second-order valence-corrected chi connectivity index (χ2v) is 4.40. The topological polar surface area (TPSA) is 63.6 Å². The van der Waals surface area contributed by atoms with E-state index in [-0.39, 0.29) is 0 Å². The third kappa shape index (κ3) is 2.61. The first-order chi connectivity index (χ1) is 8.60. The number of aromatic nitrogens is 4. The molecule has 18 heavy (non-hydrogen) atoms. The zero-order chi connectivity index (χ0) is 13.1. The van der Waals surface area contributed by atoms with Crippen LogP contribution in [0.25, 0.3) is 11.5 Å². The molecule has 0 saturated heterocycles. The maximum absolute atomic E-state index is 4.55. The van der Waals surface area contributed by atoms with Crippen molar-refractivity contribution >= 4 is 5.82 Å². The molecule has 2 aromatic heterocycles.